The maximum atomic E-state index is 13.4. The normalized spacial score (nSPS) is 13.2. The lowest BCUT2D eigenvalue weighted by molar-refractivity contribution is -0.136. The third kappa shape index (κ3) is 4.14. The van der Waals surface area contributed by atoms with Crippen LogP contribution < -0.4 is 10.6 Å². The molecule has 7 heteroatoms. The van der Waals surface area contributed by atoms with Crippen LogP contribution in [0.3, 0.4) is 0 Å². The van der Waals surface area contributed by atoms with Crippen molar-refractivity contribution in [2.75, 3.05) is 11.9 Å². The van der Waals surface area contributed by atoms with Crippen LogP contribution in [0.5, 0.6) is 0 Å². The topological polar surface area (TPSA) is 78.4 Å². The van der Waals surface area contributed by atoms with E-state index in [2.05, 4.69) is 10.6 Å². The molecule has 0 radical (unpaired) electrons. The second-order valence-corrected chi connectivity index (χ2v) is 6.12. The third-order valence-electron chi connectivity index (χ3n) is 3.46. The van der Waals surface area contributed by atoms with Crippen molar-refractivity contribution in [1.29, 1.82) is 0 Å². The molecule has 0 spiro atoms. The van der Waals surface area contributed by atoms with Gasteiger partial charge in [-0.1, -0.05) is 6.07 Å². The minimum absolute atomic E-state index is 0.113. The monoisotopic (exact) mass is 336 g/mol. The van der Waals surface area contributed by atoms with E-state index in [0.29, 0.717) is 5.56 Å². The van der Waals surface area contributed by atoms with E-state index in [-0.39, 0.29) is 17.8 Å². The van der Waals surface area contributed by atoms with E-state index >= 15 is 0 Å². The third-order valence-corrected chi connectivity index (χ3v) is 4.14. The van der Waals surface area contributed by atoms with Crippen LogP contribution in [0.15, 0.2) is 35.0 Å². The fraction of sp³-hybridized carbons (Fsp3) is 0.250. The van der Waals surface area contributed by atoms with Gasteiger partial charge < -0.3 is 15.7 Å². The number of benzene rings is 1. The first-order chi connectivity index (χ1) is 10.8. The molecule has 2 amide bonds. The maximum Gasteiger partial charge on any atom is 0.313 e. The predicted octanol–water partition coefficient (Wildman–Crippen LogP) is 2.16. The van der Waals surface area contributed by atoms with Crippen LogP contribution in [0.2, 0.25) is 0 Å². The molecule has 0 saturated heterocycles. The summed E-state index contributed by atoms with van der Waals surface area (Å²) in [5.74, 6) is -2.28. The summed E-state index contributed by atoms with van der Waals surface area (Å²) in [7, 11) is 0. The Labute approximate surface area is 137 Å². The molecule has 1 aromatic carbocycles. The van der Waals surface area contributed by atoms with Crippen LogP contribution >= 0.6 is 11.3 Å². The highest BCUT2D eigenvalue weighted by molar-refractivity contribution is 7.08. The minimum Gasteiger partial charge on any atom is -0.384 e. The van der Waals surface area contributed by atoms with Gasteiger partial charge in [-0.3, -0.25) is 9.59 Å². The summed E-state index contributed by atoms with van der Waals surface area (Å²) < 4.78 is 13.4. The molecular weight excluding hydrogens is 319 g/mol. The number of aliphatic hydroxyl groups is 1. The van der Waals surface area contributed by atoms with Crippen molar-refractivity contribution in [3.05, 3.63) is 52.0 Å². The lowest BCUT2D eigenvalue weighted by Crippen LogP contribution is -2.43. The predicted molar refractivity (Wildman–Crippen MR) is 86.7 cm³/mol. The van der Waals surface area contributed by atoms with Crippen molar-refractivity contribution < 1.29 is 19.1 Å². The Bertz CT molecular complexity index is 714. The van der Waals surface area contributed by atoms with Crippen molar-refractivity contribution in [1.82, 2.24) is 5.32 Å². The zero-order chi connectivity index (χ0) is 17.0. The SMILES string of the molecule is Cc1c(F)cccc1NC(=O)C(=O)NCC(C)(O)c1ccsc1. The van der Waals surface area contributed by atoms with E-state index in [1.807, 2.05) is 5.38 Å². The Hall–Kier alpha value is -2.25. The summed E-state index contributed by atoms with van der Waals surface area (Å²) in [6, 6.07) is 5.96. The molecule has 0 aliphatic carbocycles. The highest BCUT2D eigenvalue weighted by Gasteiger charge is 2.26. The van der Waals surface area contributed by atoms with Crippen LogP contribution in [-0.4, -0.2) is 23.5 Å². The van der Waals surface area contributed by atoms with Crippen LogP contribution in [0.25, 0.3) is 0 Å². The van der Waals surface area contributed by atoms with E-state index < -0.39 is 23.2 Å². The number of carbonyl (C=O) groups is 2. The lowest BCUT2D eigenvalue weighted by atomic mass is 9.99. The average molecular weight is 336 g/mol. The van der Waals surface area contributed by atoms with Crippen molar-refractivity contribution in [3.8, 4) is 0 Å². The molecular formula is C16H17FN2O3S. The summed E-state index contributed by atoms with van der Waals surface area (Å²) in [6.45, 7) is 2.94. The fourth-order valence-corrected chi connectivity index (χ4v) is 2.71. The van der Waals surface area contributed by atoms with Gasteiger partial charge in [-0.25, -0.2) is 4.39 Å². The van der Waals surface area contributed by atoms with Gasteiger partial charge in [0, 0.05) is 11.3 Å². The molecule has 5 nitrogen and oxygen atoms in total. The molecule has 3 N–H and O–H groups in total. The molecule has 1 aromatic heterocycles. The van der Waals surface area contributed by atoms with E-state index in [4.69, 9.17) is 0 Å². The Morgan fingerprint density at radius 3 is 2.70 bits per heavy atom. The summed E-state index contributed by atoms with van der Waals surface area (Å²) in [5, 5.41) is 18.6. The molecule has 1 heterocycles. The van der Waals surface area contributed by atoms with Gasteiger partial charge in [0.25, 0.3) is 0 Å². The fourth-order valence-electron chi connectivity index (χ4n) is 1.93. The van der Waals surface area contributed by atoms with Gasteiger partial charge in [0.2, 0.25) is 0 Å². The van der Waals surface area contributed by atoms with Gasteiger partial charge >= 0.3 is 11.8 Å². The zero-order valence-electron chi connectivity index (χ0n) is 12.7. The number of halogens is 1. The van der Waals surface area contributed by atoms with Crippen LogP contribution in [-0.2, 0) is 15.2 Å². The number of amides is 2. The van der Waals surface area contributed by atoms with Crippen LogP contribution in [0.1, 0.15) is 18.1 Å². The van der Waals surface area contributed by atoms with E-state index in [9.17, 15) is 19.1 Å². The van der Waals surface area contributed by atoms with Gasteiger partial charge in [0.15, 0.2) is 0 Å². The molecule has 0 saturated carbocycles. The highest BCUT2D eigenvalue weighted by Crippen LogP contribution is 2.22. The second-order valence-electron chi connectivity index (χ2n) is 5.34. The summed E-state index contributed by atoms with van der Waals surface area (Å²) in [5.41, 5.74) is -0.136. The Kier molecular flexibility index (Phi) is 5.12. The number of carbonyl (C=O) groups excluding carboxylic acids is 2. The molecule has 0 fully saturated rings. The smallest absolute Gasteiger partial charge is 0.313 e. The van der Waals surface area contributed by atoms with Crippen LogP contribution in [0, 0.1) is 12.7 Å². The van der Waals surface area contributed by atoms with Gasteiger partial charge in [0.1, 0.15) is 11.4 Å². The van der Waals surface area contributed by atoms with E-state index in [1.54, 1.807) is 18.4 Å². The summed E-state index contributed by atoms with van der Waals surface area (Å²) in [4.78, 5) is 23.7. The van der Waals surface area contributed by atoms with Gasteiger partial charge in [-0.05, 0) is 48.4 Å². The first kappa shape index (κ1) is 17.1. The van der Waals surface area contributed by atoms with E-state index in [1.165, 1.54) is 36.5 Å². The first-order valence-electron chi connectivity index (χ1n) is 6.90. The van der Waals surface area contributed by atoms with Crippen molar-refractivity contribution in [3.63, 3.8) is 0 Å². The molecule has 0 bridgehead atoms. The minimum atomic E-state index is -1.27. The Balaban J connectivity index is 1.95. The van der Waals surface area contributed by atoms with Crippen molar-refractivity contribution in [2.45, 2.75) is 19.4 Å². The molecule has 122 valence electrons. The largest absolute Gasteiger partial charge is 0.384 e. The number of rotatable bonds is 4. The molecule has 0 aliphatic heterocycles. The molecule has 1 unspecified atom stereocenters. The highest BCUT2D eigenvalue weighted by atomic mass is 32.1. The van der Waals surface area contributed by atoms with Gasteiger partial charge in [0.05, 0.1) is 6.54 Å². The van der Waals surface area contributed by atoms with Gasteiger partial charge in [-0.15, -0.1) is 0 Å². The number of hydrogen-bond donors (Lipinski definition) is 3. The molecule has 1 atom stereocenters. The number of nitrogens with one attached hydrogen (secondary N) is 2. The van der Waals surface area contributed by atoms with E-state index in [0.717, 1.165) is 0 Å². The molecule has 2 rings (SSSR count). The quantitative estimate of drug-likeness (QED) is 0.749. The lowest BCUT2D eigenvalue weighted by Gasteiger charge is -2.22. The average Bonchev–Trinajstić information content (AvgIpc) is 3.04. The second kappa shape index (κ2) is 6.89. The molecule has 0 aliphatic rings. The summed E-state index contributed by atoms with van der Waals surface area (Å²) in [6.07, 6.45) is 0. The Morgan fingerprint density at radius 1 is 1.30 bits per heavy atom. The number of hydrogen-bond acceptors (Lipinski definition) is 4. The first-order valence-corrected chi connectivity index (χ1v) is 7.85. The van der Waals surface area contributed by atoms with Crippen molar-refractivity contribution >= 4 is 28.8 Å². The molecule has 2 aromatic rings. The number of anilines is 1. The van der Waals surface area contributed by atoms with Crippen molar-refractivity contribution in [2.24, 2.45) is 0 Å². The maximum absolute atomic E-state index is 13.4. The Morgan fingerprint density at radius 2 is 2.04 bits per heavy atom. The summed E-state index contributed by atoms with van der Waals surface area (Å²) >= 11 is 1.42. The van der Waals surface area contributed by atoms with Gasteiger partial charge in [-0.2, -0.15) is 11.3 Å². The standard InChI is InChI=1S/C16H17FN2O3S/c1-10-12(17)4-3-5-13(10)19-15(21)14(20)18-9-16(2,22)11-6-7-23-8-11/h3-8,22H,9H2,1-2H3,(H,18,20)(H,19,21). The van der Waals surface area contributed by atoms with Crippen LogP contribution in [0.4, 0.5) is 10.1 Å². The zero-order valence-corrected chi connectivity index (χ0v) is 13.5. The molecule has 23 heavy (non-hydrogen) atoms. The number of thiophene rings is 1.